The van der Waals surface area contributed by atoms with Gasteiger partial charge in [0, 0.05) is 32.4 Å². The van der Waals surface area contributed by atoms with Crippen molar-refractivity contribution < 1.29 is 14.6 Å². The summed E-state index contributed by atoms with van der Waals surface area (Å²) in [5, 5.41) is 13.8. The quantitative estimate of drug-likeness (QED) is 0.772. The zero-order valence-electron chi connectivity index (χ0n) is 15.2. The zero-order valence-corrected chi connectivity index (χ0v) is 15.2. The zero-order chi connectivity index (χ0) is 18.4. The van der Waals surface area contributed by atoms with E-state index in [4.69, 9.17) is 4.74 Å². The summed E-state index contributed by atoms with van der Waals surface area (Å²) in [5.41, 5.74) is 1.10. The highest BCUT2D eigenvalue weighted by molar-refractivity contribution is 5.76. The number of hydrogen-bond acceptors (Lipinski definition) is 5. The second-order valence-corrected chi connectivity index (χ2v) is 6.50. The lowest BCUT2D eigenvalue weighted by Crippen LogP contribution is -2.37. The number of aliphatic hydroxyl groups excluding tert-OH is 1. The van der Waals surface area contributed by atoms with Crippen LogP contribution in [0.2, 0.25) is 0 Å². The Labute approximate surface area is 153 Å². The summed E-state index contributed by atoms with van der Waals surface area (Å²) in [4.78, 5) is 18.5. The Balaban J connectivity index is 1.67. The van der Waals surface area contributed by atoms with Crippen LogP contribution in [0.3, 0.4) is 0 Å². The maximum Gasteiger partial charge on any atom is 0.222 e. The summed E-state index contributed by atoms with van der Waals surface area (Å²) in [6.45, 7) is 1.91. The van der Waals surface area contributed by atoms with Gasteiger partial charge >= 0.3 is 0 Å². The molecule has 3 rings (SSSR count). The molecular formula is C19H26N4O3. The number of benzene rings is 1. The number of nitrogens with zero attached hydrogens (tertiary/aromatic N) is 4. The fourth-order valence-electron chi connectivity index (χ4n) is 3.22. The molecule has 26 heavy (non-hydrogen) atoms. The predicted molar refractivity (Wildman–Crippen MR) is 97.0 cm³/mol. The van der Waals surface area contributed by atoms with Crippen molar-refractivity contribution in [3.63, 3.8) is 0 Å². The molecule has 2 heterocycles. The van der Waals surface area contributed by atoms with Crippen molar-refractivity contribution in [1.29, 1.82) is 0 Å². The van der Waals surface area contributed by atoms with Crippen molar-refractivity contribution >= 4 is 5.91 Å². The van der Waals surface area contributed by atoms with Crippen LogP contribution in [0.5, 0.6) is 5.75 Å². The molecule has 1 aliphatic heterocycles. The molecule has 1 amide bonds. The number of ether oxygens (including phenoxy) is 1. The first kappa shape index (κ1) is 18.4. The standard InChI is InChI=1S/C19H26N4O3/c1-26-16-7-5-15(6-8-16)14-17-20-18(23(21-17)12-13-24)9-11-22-10-3-2-4-19(22)25/h5-8,24H,2-4,9-14H2,1H3. The van der Waals surface area contributed by atoms with Gasteiger partial charge in [-0.1, -0.05) is 12.1 Å². The largest absolute Gasteiger partial charge is 0.497 e. The first-order valence-corrected chi connectivity index (χ1v) is 9.14. The van der Waals surface area contributed by atoms with Crippen LogP contribution in [-0.2, 0) is 24.2 Å². The van der Waals surface area contributed by atoms with E-state index in [0.29, 0.717) is 32.4 Å². The summed E-state index contributed by atoms with van der Waals surface area (Å²) < 4.78 is 6.93. The number of amides is 1. The normalized spacial score (nSPS) is 14.7. The van der Waals surface area contributed by atoms with Crippen LogP contribution in [0.1, 0.15) is 36.5 Å². The summed E-state index contributed by atoms with van der Waals surface area (Å²) in [6.07, 6.45) is 3.98. The SMILES string of the molecule is COc1ccc(Cc2nc(CCN3CCCCC3=O)n(CCO)n2)cc1. The minimum Gasteiger partial charge on any atom is -0.497 e. The Morgan fingerprint density at radius 1 is 1.19 bits per heavy atom. The van der Waals surface area contributed by atoms with Crippen molar-refractivity contribution in [2.24, 2.45) is 0 Å². The number of rotatable bonds is 8. The number of hydrogen-bond donors (Lipinski definition) is 1. The van der Waals surface area contributed by atoms with Gasteiger partial charge in [-0.15, -0.1) is 0 Å². The monoisotopic (exact) mass is 358 g/mol. The number of piperidine rings is 1. The fraction of sp³-hybridized carbons (Fsp3) is 0.526. The van der Waals surface area contributed by atoms with Gasteiger partial charge in [0.05, 0.1) is 20.3 Å². The Hall–Kier alpha value is -2.41. The summed E-state index contributed by atoms with van der Waals surface area (Å²) in [7, 11) is 1.65. The summed E-state index contributed by atoms with van der Waals surface area (Å²) in [6, 6.07) is 7.83. The molecule has 1 saturated heterocycles. The van der Waals surface area contributed by atoms with Gasteiger partial charge in [-0.25, -0.2) is 9.67 Å². The van der Waals surface area contributed by atoms with Crippen LogP contribution in [0.4, 0.5) is 0 Å². The second-order valence-electron chi connectivity index (χ2n) is 6.50. The predicted octanol–water partition coefficient (Wildman–Crippen LogP) is 1.42. The van der Waals surface area contributed by atoms with Gasteiger partial charge in [-0.05, 0) is 30.5 Å². The van der Waals surface area contributed by atoms with Gasteiger partial charge < -0.3 is 14.7 Å². The molecule has 7 heteroatoms. The first-order valence-electron chi connectivity index (χ1n) is 9.14. The highest BCUT2D eigenvalue weighted by Gasteiger charge is 2.19. The lowest BCUT2D eigenvalue weighted by molar-refractivity contribution is -0.133. The minimum absolute atomic E-state index is 0.0149. The highest BCUT2D eigenvalue weighted by Crippen LogP contribution is 2.15. The summed E-state index contributed by atoms with van der Waals surface area (Å²) in [5.74, 6) is 2.59. The van der Waals surface area contributed by atoms with Crippen LogP contribution >= 0.6 is 0 Å². The number of carbonyl (C=O) groups excluding carboxylic acids is 1. The number of aromatic nitrogens is 3. The fourth-order valence-corrected chi connectivity index (χ4v) is 3.22. The number of likely N-dealkylation sites (tertiary alicyclic amines) is 1. The van der Waals surface area contributed by atoms with Crippen LogP contribution in [0.15, 0.2) is 24.3 Å². The minimum atomic E-state index is 0.0149. The molecule has 1 aromatic heterocycles. The molecule has 0 radical (unpaired) electrons. The molecule has 0 unspecified atom stereocenters. The Bertz CT molecular complexity index is 727. The second kappa shape index (κ2) is 8.80. The van der Waals surface area contributed by atoms with Crippen LogP contribution < -0.4 is 4.74 Å². The summed E-state index contributed by atoms with van der Waals surface area (Å²) >= 11 is 0. The van der Waals surface area contributed by atoms with Crippen molar-refractivity contribution in [2.45, 2.75) is 38.6 Å². The van der Waals surface area contributed by atoms with Gasteiger partial charge in [0.15, 0.2) is 5.82 Å². The van der Waals surface area contributed by atoms with Gasteiger partial charge in [0.25, 0.3) is 0 Å². The molecule has 1 fully saturated rings. The molecular weight excluding hydrogens is 332 g/mol. The van der Waals surface area contributed by atoms with Gasteiger partial charge in [-0.3, -0.25) is 4.79 Å². The molecule has 0 saturated carbocycles. The van der Waals surface area contributed by atoms with E-state index in [1.165, 1.54) is 0 Å². The molecule has 0 bridgehead atoms. The van der Waals surface area contributed by atoms with E-state index in [-0.39, 0.29) is 12.5 Å². The van der Waals surface area contributed by atoms with E-state index in [1.54, 1.807) is 11.8 Å². The Morgan fingerprint density at radius 2 is 2.00 bits per heavy atom. The molecule has 7 nitrogen and oxygen atoms in total. The third-order valence-corrected chi connectivity index (χ3v) is 4.65. The number of carbonyl (C=O) groups is 1. The van der Waals surface area contributed by atoms with Crippen LogP contribution in [-0.4, -0.2) is 57.5 Å². The molecule has 1 aromatic carbocycles. The molecule has 1 aliphatic rings. The topological polar surface area (TPSA) is 80.5 Å². The molecule has 0 atom stereocenters. The van der Waals surface area contributed by atoms with Gasteiger partial charge in [-0.2, -0.15) is 5.10 Å². The molecule has 1 N–H and O–H groups in total. The Kier molecular flexibility index (Phi) is 6.22. The van der Waals surface area contributed by atoms with E-state index in [2.05, 4.69) is 10.1 Å². The van der Waals surface area contributed by atoms with Gasteiger partial charge in [0.1, 0.15) is 11.6 Å². The lowest BCUT2D eigenvalue weighted by Gasteiger charge is -2.26. The van der Waals surface area contributed by atoms with Crippen LogP contribution in [0, 0.1) is 0 Å². The maximum atomic E-state index is 12.0. The number of aliphatic hydroxyl groups is 1. The van der Waals surface area contributed by atoms with Crippen molar-refractivity contribution in [3.05, 3.63) is 41.5 Å². The number of methoxy groups -OCH3 is 1. The van der Waals surface area contributed by atoms with Crippen LogP contribution in [0.25, 0.3) is 0 Å². The van der Waals surface area contributed by atoms with E-state index in [9.17, 15) is 9.90 Å². The third kappa shape index (κ3) is 4.60. The molecule has 0 aliphatic carbocycles. The smallest absolute Gasteiger partial charge is 0.222 e. The van der Waals surface area contributed by atoms with E-state index in [1.807, 2.05) is 29.2 Å². The van der Waals surface area contributed by atoms with E-state index < -0.39 is 0 Å². The first-order chi connectivity index (χ1) is 12.7. The molecule has 2 aromatic rings. The van der Waals surface area contributed by atoms with E-state index in [0.717, 1.165) is 42.3 Å². The van der Waals surface area contributed by atoms with Gasteiger partial charge in [0.2, 0.25) is 5.91 Å². The Morgan fingerprint density at radius 3 is 2.69 bits per heavy atom. The molecule has 140 valence electrons. The lowest BCUT2D eigenvalue weighted by atomic mass is 10.1. The van der Waals surface area contributed by atoms with Crippen molar-refractivity contribution in [1.82, 2.24) is 19.7 Å². The van der Waals surface area contributed by atoms with E-state index >= 15 is 0 Å². The maximum absolute atomic E-state index is 12.0. The molecule has 0 spiro atoms. The van der Waals surface area contributed by atoms with Crippen molar-refractivity contribution in [3.8, 4) is 5.75 Å². The van der Waals surface area contributed by atoms with Crippen molar-refractivity contribution in [2.75, 3.05) is 26.8 Å². The average Bonchev–Trinajstić information content (AvgIpc) is 3.03. The highest BCUT2D eigenvalue weighted by atomic mass is 16.5. The average molecular weight is 358 g/mol. The third-order valence-electron chi connectivity index (χ3n) is 4.65.